The van der Waals surface area contributed by atoms with Crippen LogP contribution >= 0.6 is 15.9 Å². The molecule has 2 atom stereocenters. The molecule has 1 saturated heterocycles. The van der Waals surface area contributed by atoms with E-state index in [4.69, 9.17) is 0 Å². The molecule has 2 heterocycles. The van der Waals surface area contributed by atoms with Gasteiger partial charge in [-0.3, -0.25) is 9.69 Å². The number of rotatable bonds is 5. The molecule has 1 aliphatic rings. The zero-order valence-electron chi connectivity index (χ0n) is 15.0. The lowest BCUT2D eigenvalue weighted by molar-refractivity contribution is -0.125. The molecule has 0 spiro atoms. The summed E-state index contributed by atoms with van der Waals surface area (Å²) < 4.78 is 14.8. The first-order valence-corrected chi connectivity index (χ1v) is 9.86. The number of aliphatic hydroxyl groups is 1. The summed E-state index contributed by atoms with van der Waals surface area (Å²) in [6, 6.07) is 12.0. The molecule has 0 aliphatic carbocycles. The smallest absolute Gasteiger partial charge is 0.237 e. The number of aliphatic hydroxyl groups excluding tert-OH is 1. The Morgan fingerprint density at radius 3 is 2.96 bits per heavy atom. The molecule has 146 valence electrons. The van der Waals surface area contributed by atoms with Crippen LogP contribution in [0.2, 0.25) is 0 Å². The van der Waals surface area contributed by atoms with E-state index in [1.165, 1.54) is 6.07 Å². The first-order chi connectivity index (χ1) is 13.5. The number of H-pyrrole nitrogens is 1. The molecule has 0 radical (unpaired) electrons. The van der Waals surface area contributed by atoms with E-state index in [-0.39, 0.29) is 24.8 Å². The molecule has 4 rings (SSSR count). The summed E-state index contributed by atoms with van der Waals surface area (Å²) in [5, 5.41) is 12.9. The van der Waals surface area contributed by atoms with Gasteiger partial charge in [0.15, 0.2) is 0 Å². The Hall–Kier alpha value is -2.29. The molecule has 3 aromatic rings. The molecule has 0 saturated carbocycles. The summed E-state index contributed by atoms with van der Waals surface area (Å²) in [5.41, 5.74) is 2.25. The minimum Gasteiger partial charge on any atom is -0.392 e. The molecule has 1 aromatic heterocycles. The molecule has 2 aromatic carbocycles. The van der Waals surface area contributed by atoms with E-state index in [1.807, 2.05) is 29.2 Å². The summed E-state index contributed by atoms with van der Waals surface area (Å²) in [7, 11) is 0. The van der Waals surface area contributed by atoms with Gasteiger partial charge in [-0.15, -0.1) is 0 Å². The Morgan fingerprint density at radius 1 is 1.36 bits per heavy atom. The third-order valence-electron chi connectivity index (χ3n) is 4.94. The molecule has 0 bridgehead atoms. The fourth-order valence-corrected chi connectivity index (χ4v) is 3.91. The Bertz CT molecular complexity index is 976. The Morgan fingerprint density at radius 2 is 2.18 bits per heavy atom. The van der Waals surface area contributed by atoms with Gasteiger partial charge in [0.25, 0.3) is 0 Å². The van der Waals surface area contributed by atoms with Gasteiger partial charge < -0.3 is 15.4 Å². The SMILES string of the molecule is O=C(NCc1nc2ccccc2[nH]1)C1CC(O)CN1Cc1ccc(Br)cc1F. The number of imidazole rings is 1. The topological polar surface area (TPSA) is 81.2 Å². The van der Waals surface area contributed by atoms with E-state index in [9.17, 15) is 14.3 Å². The van der Waals surface area contributed by atoms with E-state index in [0.29, 0.717) is 28.8 Å². The molecule has 1 aliphatic heterocycles. The van der Waals surface area contributed by atoms with E-state index < -0.39 is 12.1 Å². The van der Waals surface area contributed by atoms with Crippen LogP contribution in [0.1, 0.15) is 17.8 Å². The number of halogens is 2. The number of likely N-dealkylation sites (tertiary alicyclic amines) is 1. The van der Waals surface area contributed by atoms with Gasteiger partial charge in [0.05, 0.1) is 29.7 Å². The number of carbonyl (C=O) groups is 1. The number of benzene rings is 2. The van der Waals surface area contributed by atoms with Gasteiger partial charge in [0.1, 0.15) is 11.6 Å². The largest absolute Gasteiger partial charge is 0.392 e. The molecular formula is C20H20BrFN4O2. The first-order valence-electron chi connectivity index (χ1n) is 9.07. The van der Waals surface area contributed by atoms with Crippen LogP contribution in [0.25, 0.3) is 11.0 Å². The Balaban J connectivity index is 1.42. The highest BCUT2D eigenvalue weighted by atomic mass is 79.9. The number of hydrogen-bond acceptors (Lipinski definition) is 4. The summed E-state index contributed by atoms with van der Waals surface area (Å²) in [6.45, 7) is 0.859. The fraction of sp³-hybridized carbons (Fsp3) is 0.300. The van der Waals surface area contributed by atoms with Crippen LogP contribution in [0.15, 0.2) is 46.9 Å². The fourth-order valence-electron chi connectivity index (χ4n) is 3.57. The third kappa shape index (κ3) is 4.09. The molecule has 1 fully saturated rings. The first kappa shape index (κ1) is 19.0. The highest BCUT2D eigenvalue weighted by Crippen LogP contribution is 2.23. The normalized spacial score (nSPS) is 20.0. The number of fused-ring (bicyclic) bond motifs is 1. The molecule has 3 N–H and O–H groups in total. The Kier molecular flexibility index (Phi) is 5.43. The number of nitrogens with zero attached hydrogens (tertiary/aromatic N) is 2. The number of para-hydroxylation sites is 2. The van der Waals surface area contributed by atoms with E-state index >= 15 is 0 Å². The number of amides is 1. The van der Waals surface area contributed by atoms with Gasteiger partial charge in [0, 0.05) is 23.1 Å². The van der Waals surface area contributed by atoms with Crippen LogP contribution in [-0.2, 0) is 17.9 Å². The van der Waals surface area contributed by atoms with Crippen LogP contribution in [0, 0.1) is 5.82 Å². The number of aromatic nitrogens is 2. The van der Waals surface area contributed by atoms with Gasteiger partial charge in [-0.25, -0.2) is 9.37 Å². The van der Waals surface area contributed by atoms with Crippen molar-refractivity contribution in [3.63, 3.8) is 0 Å². The van der Waals surface area contributed by atoms with Crippen molar-refractivity contribution < 1.29 is 14.3 Å². The standard InChI is InChI=1S/C20H20BrFN4O2/c21-13-6-5-12(15(22)7-13)10-26-11-14(27)8-18(26)20(28)23-9-19-24-16-3-1-2-4-17(16)25-19/h1-7,14,18,27H,8-11H2,(H,23,28)(H,24,25). The van der Waals surface area contributed by atoms with Crippen LogP contribution in [0.3, 0.4) is 0 Å². The van der Waals surface area contributed by atoms with Crippen LogP contribution in [0.5, 0.6) is 0 Å². The van der Waals surface area contributed by atoms with Gasteiger partial charge in [-0.1, -0.05) is 34.1 Å². The second-order valence-corrected chi connectivity index (χ2v) is 7.90. The van der Waals surface area contributed by atoms with Crippen LogP contribution in [0.4, 0.5) is 4.39 Å². The van der Waals surface area contributed by atoms with Crippen molar-refractivity contribution in [3.8, 4) is 0 Å². The van der Waals surface area contributed by atoms with E-state index in [1.54, 1.807) is 12.1 Å². The molecular weight excluding hydrogens is 427 g/mol. The maximum Gasteiger partial charge on any atom is 0.237 e. The minimum atomic E-state index is -0.611. The monoisotopic (exact) mass is 446 g/mol. The second-order valence-electron chi connectivity index (χ2n) is 6.99. The number of β-amino-alcohol motifs (C(OH)–C–C–N with tert-alkyl or cyclic N) is 1. The average molecular weight is 447 g/mol. The van der Waals surface area contributed by atoms with E-state index in [2.05, 4.69) is 31.2 Å². The van der Waals surface area contributed by atoms with Crippen molar-refractivity contribution in [2.75, 3.05) is 6.54 Å². The number of carbonyl (C=O) groups excluding carboxylic acids is 1. The van der Waals surface area contributed by atoms with Gasteiger partial charge >= 0.3 is 0 Å². The number of nitrogens with one attached hydrogen (secondary N) is 2. The third-order valence-corrected chi connectivity index (χ3v) is 5.43. The predicted octanol–water partition coefficient (Wildman–Crippen LogP) is 2.72. The molecule has 1 amide bonds. The number of aromatic amines is 1. The van der Waals surface area contributed by atoms with Crippen molar-refractivity contribution in [1.82, 2.24) is 20.2 Å². The zero-order valence-corrected chi connectivity index (χ0v) is 16.6. The zero-order chi connectivity index (χ0) is 19.7. The molecule has 6 nitrogen and oxygen atoms in total. The minimum absolute atomic E-state index is 0.200. The second kappa shape index (κ2) is 7.98. The van der Waals surface area contributed by atoms with Gasteiger partial charge in [0.2, 0.25) is 5.91 Å². The molecule has 8 heteroatoms. The summed E-state index contributed by atoms with van der Waals surface area (Å²) in [6.07, 6.45) is -0.287. The highest BCUT2D eigenvalue weighted by molar-refractivity contribution is 9.10. The van der Waals surface area contributed by atoms with Crippen molar-refractivity contribution in [3.05, 3.63) is 64.1 Å². The van der Waals surface area contributed by atoms with Crippen molar-refractivity contribution in [2.45, 2.75) is 31.7 Å². The van der Waals surface area contributed by atoms with Gasteiger partial charge in [-0.05, 0) is 30.7 Å². The molecule has 28 heavy (non-hydrogen) atoms. The van der Waals surface area contributed by atoms with Crippen molar-refractivity contribution in [2.24, 2.45) is 0 Å². The maximum absolute atomic E-state index is 14.2. The summed E-state index contributed by atoms with van der Waals surface area (Å²) in [5.74, 6) is 0.130. The molecule has 2 unspecified atom stereocenters. The van der Waals surface area contributed by atoms with Crippen LogP contribution in [-0.4, -0.2) is 44.6 Å². The lowest BCUT2D eigenvalue weighted by Gasteiger charge is -2.23. The van der Waals surface area contributed by atoms with Crippen molar-refractivity contribution in [1.29, 1.82) is 0 Å². The lowest BCUT2D eigenvalue weighted by Crippen LogP contribution is -2.42. The summed E-state index contributed by atoms with van der Waals surface area (Å²) >= 11 is 3.24. The summed E-state index contributed by atoms with van der Waals surface area (Å²) in [4.78, 5) is 22.1. The maximum atomic E-state index is 14.2. The lowest BCUT2D eigenvalue weighted by atomic mass is 10.1. The highest BCUT2D eigenvalue weighted by Gasteiger charge is 2.36. The average Bonchev–Trinajstić information content (AvgIpc) is 3.25. The van der Waals surface area contributed by atoms with Crippen LogP contribution < -0.4 is 5.32 Å². The van der Waals surface area contributed by atoms with Gasteiger partial charge in [-0.2, -0.15) is 0 Å². The Labute approximate surface area is 169 Å². The quantitative estimate of drug-likeness (QED) is 0.562. The van der Waals surface area contributed by atoms with E-state index in [0.717, 1.165) is 11.0 Å². The number of hydrogen-bond donors (Lipinski definition) is 3. The van der Waals surface area contributed by atoms with Crippen molar-refractivity contribution >= 4 is 32.9 Å². The predicted molar refractivity (Wildman–Crippen MR) is 107 cm³/mol.